The van der Waals surface area contributed by atoms with Gasteiger partial charge in [0.05, 0.1) is 0 Å². The first kappa shape index (κ1) is 22.3. The summed E-state index contributed by atoms with van der Waals surface area (Å²) in [5, 5.41) is 15.5. The van der Waals surface area contributed by atoms with E-state index in [0.717, 1.165) is 62.9 Å². The molecule has 30 heavy (non-hydrogen) atoms. The zero-order valence-electron chi connectivity index (χ0n) is 17.4. The number of para-hydroxylation sites is 1. The van der Waals surface area contributed by atoms with E-state index in [4.69, 9.17) is 4.99 Å². The van der Waals surface area contributed by atoms with Crippen molar-refractivity contribution in [1.29, 1.82) is 0 Å². The lowest BCUT2D eigenvalue weighted by molar-refractivity contribution is 0.646. The monoisotopic (exact) mass is 519 g/mol. The van der Waals surface area contributed by atoms with Gasteiger partial charge in [-0.1, -0.05) is 24.3 Å². The van der Waals surface area contributed by atoms with E-state index >= 15 is 0 Å². The molecule has 1 fully saturated rings. The molecule has 1 atom stereocenters. The van der Waals surface area contributed by atoms with Crippen LogP contribution in [0.3, 0.4) is 0 Å². The van der Waals surface area contributed by atoms with Crippen molar-refractivity contribution in [1.82, 2.24) is 25.2 Å². The highest BCUT2D eigenvalue weighted by Crippen LogP contribution is 2.19. The summed E-state index contributed by atoms with van der Waals surface area (Å²) in [6.45, 7) is 5.79. The summed E-state index contributed by atoms with van der Waals surface area (Å²) in [5.41, 5.74) is 2.18. The molecule has 1 aromatic carbocycles. The molecule has 0 saturated carbocycles. The first-order valence-corrected chi connectivity index (χ1v) is 10.5. The number of aryl methyl sites for hydroxylation is 1. The second kappa shape index (κ2) is 11.1. The van der Waals surface area contributed by atoms with E-state index in [9.17, 15) is 0 Å². The number of rotatable bonds is 7. The van der Waals surface area contributed by atoms with Crippen LogP contribution in [0.2, 0.25) is 0 Å². The number of guanidine groups is 1. The lowest BCUT2D eigenvalue weighted by Gasteiger charge is -2.20. The molecule has 0 aliphatic carbocycles. The summed E-state index contributed by atoms with van der Waals surface area (Å²) in [4.78, 5) is 7.20. The molecule has 0 radical (unpaired) electrons. The van der Waals surface area contributed by atoms with E-state index < -0.39 is 0 Å². The number of hydrogen-bond donors (Lipinski definition) is 2. The van der Waals surface area contributed by atoms with Crippen LogP contribution in [0.1, 0.15) is 25.6 Å². The summed E-state index contributed by atoms with van der Waals surface area (Å²) >= 11 is 0. The van der Waals surface area contributed by atoms with Crippen molar-refractivity contribution in [3.8, 4) is 0 Å². The molecule has 3 aromatic rings. The van der Waals surface area contributed by atoms with Crippen molar-refractivity contribution in [3.05, 3.63) is 60.6 Å². The minimum Gasteiger partial charge on any atom is -0.369 e. The SMILES string of the molecule is CCNC(=NCCCc1nnc2ccccn12)NC1CCN(c2ccccc2)C1.I. The number of anilines is 1. The first-order chi connectivity index (χ1) is 14.3. The van der Waals surface area contributed by atoms with Crippen LogP contribution in [0.25, 0.3) is 5.65 Å². The second-order valence-electron chi connectivity index (χ2n) is 7.32. The van der Waals surface area contributed by atoms with Gasteiger partial charge in [0.1, 0.15) is 5.82 Å². The fraction of sp³-hybridized carbons (Fsp3) is 0.409. The highest BCUT2D eigenvalue weighted by Gasteiger charge is 2.23. The van der Waals surface area contributed by atoms with Crippen molar-refractivity contribution in [2.75, 3.05) is 31.1 Å². The fourth-order valence-corrected chi connectivity index (χ4v) is 3.75. The summed E-state index contributed by atoms with van der Waals surface area (Å²) in [5.74, 6) is 1.89. The summed E-state index contributed by atoms with van der Waals surface area (Å²) in [6, 6.07) is 17.0. The maximum absolute atomic E-state index is 4.77. The van der Waals surface area contributed by atoms with Gasteiger partial charge in [-0.2, -0.15) is 0 Å². The van der Waals surface area contributed by atoms with Crippen LogP contribution in [0.5, 0.6) is 0 Å². The standard InChI is InChI=1S/C22H29N7.HI/c1-2-23-22(25-18-13-16-28(17-18)19-9-4-3-5-10-19)24-14-8-12-21-27-26-20-11-6-7-15-29(20)21;/h3-7,9-11,15,18H,2,8,12-14,16-17H2,1H3,(H2,23,24,25);1H. The third-order valence-electron chi connectivity index (χ3n) is 5.21. The lowest BCUT2D eigenvalue weighted by Crippen LogP contribution is -2.44. The Balaban J connectivity index is 0.00000256. The number of benzene rings is 1. The first-order valence-electron chi connectivity index (χ1n) is 10.5. The molecule has 1 unspecified atom stereocenters. The summed E-state index contributed by atoms with van der Waals surface area (Å²) < 4.78 is 2.05. The summed E-state index contributed by atoms with van der Waals surface area (Å²) in [6.07, 6.45) is 4.93. The van der Waals surface area contributed by atoms with E-state index in [1.165, 1.54) is 5.69 Å². The van der Waals surface area contributed by atoms with Crippen LogP contribution in [-0.2, 0) is 6.42 Å². The van der Waals surface area contributed by atoms with Gasteiger partial charge in [-0.3, -0.25) is 9.39 Å². The highest BCUT2D eigenvalue weighted by atomic mass is 127. The smallest absolute Gasteiger partial charge is 0.191 e. The van der Waals surface area contributed by atoms with Gasteiger partial charge in [-0.05, 0) is 44.0 Å². The Morgan fingerprint density at radius 3 is 2.80 bits per heavy atom. The van der Waals surface area contributed by atoms with Gasteiger partial charge in [0.2, 0.25) is 0 Å². The third-order valence-corrected chi connectivity index (χ3v) is 5.21. The Hall–Kier alpha value is -2.36. The molecular formula is C22H30IN7. The normalized spacial score (nSPS) is 16.5. The zero-order chi connectivity index (χ0) is 19.9. The van der Waals surface area contributed by atoms with Gasteiger partial charge in [-0.15, -0.1) is 34.2 Å². The van der Waals surface area contributed by atoms with Crippen LogP contribution < -0.4 is 15.5 Å². The highest BCUT2D eigenvalue weighted by molar-refractivity contribution is 14.0. The van der Waals surface area contributed by atoms with E-state index in [1.54, 1.807) is 0 Å². The average Bonchev–Trinajstić information content (AvgIpc) is 3.39. The molecule has 2 aromatic heterocycles. The van der Waals surface area contributed by atoms with Gasteiger partial charge in [-0.25, -0.2) is 0 Å². The second-order valence-corrected chi connectivity index (χ2v) is 7.32. The quantitative estimate of drug-likeness (QED) is 0.217. The van der Waals surface area contributed by atoms with Gasteiger partial charge < -0.3 is 15.5 Å². The molecule has 8 heteroatoms. The molecule has 0 bridgehead atoms. The lowest BCUT2D eigenvalue weighted by atomic mass is 10.2. The van der Waals surface area contributed by atoms with Crippen molar-refractivity contribution < 1.29 is 0 Å². The summed E-state index contributed by atoms with van der Waals surface area (Å²) in [7, 11) is 0. The van der Waals surface area contributed by atoms with Gasteiger partial charge in [0.15, 0.2) is 11.6 Å². The Kier molecular flexibility index (Phi) is 8.30. The van der Waals surface area contributed by atoms with E-state index in [2.05, 4.69) is 63.0 Å². The predicted octanol–water partition coefficient (Wildman–Crippen LogP) is 3.11. The molecule has 1 saturated heterocycles. The van der Waals surface area contributed by atoms with E-state index in [0.29, 0.717) is 6.04 Å². The molecule has 0 amide bonds. The minimum atomic E-state index is 0. The van der Waals surface area contributed by atoms with Crippen molar-refractivity contribution in [3.63, 3.8) is 0 Å². The topological polar surface area (TPSA) is 69.8 Å². The number of nitrogens with zero attached hydrogens (tertiary/aromatic N) is 5. The Morgan fingerprint density at radius 1 is 1.13 bits per heavy atom. The number of pyridine rings is 1. The largest absolute Gasteiger partial charge is 0.369 e. The molecule has 7 nitrogen and oxygen atoms in total. The van der Waals surface area contributed by atoms with Crippen molar-refractivity contribution in [2.45, 2.75) is 32.2 Å². The number of halogens is 1. The van der Waals surface area contributed by atoms with Crippen LogP contribution in [0.15, 0.2) is 59.7 Å². The molecule has 160 valence electrons. The van der Waals surface area contributed by atoms with Crippen LogP contribution in [0, 0.1) is 0 Å². The number of fused-ring (bicyclic) bond motifs is 1. The predicted molar refractivity (Wildman–Crippen MR) is 133 cm³/mol. The fourth-order valence-electron chi connectivity index (χ4n) is 3.75. The number of aliphatic imine (C=N–C) groups is 1. The van der Waals surface area contributed by atoms with Crippen molar-refractivity contribution in [2.24, 2.45) is 4.99 Å². The van der Waals surface area contributed by atoms with Gasteiger partial charge in [0, 0.05) is 50.5 Å². The Bertz CT molecular complexity index is 941. The zero-order valence-corrected chi connectivity index (χ0v) is 19.7. The Morgan fingerprint density at radius 2 is 1.97 bits per heavy atom. The van der Waals surface area contributed by atoms with Gasteiger partial charge in [0.25, 0.3) is 0 Å². The molecule has 2 N–H and O–H groups in total. The molecule has 4 rings (SSSR count). The van der Waals surface area contributed by atoms with Crippen LogP contribution in [0.4, 0.5) is 5.69 Å². The molecule has 3 heterocycles. The number of aromatic nitrogens is 3. The molecule has 0 spiro atoms. The molecule has 1 aliphatic heterocycles. The average molecular weight is 519 g/mol. The number of nitrogens with one attached hydrogen (secondary N) is 2. The molecule has 1 aliphatic rings. The molecular weight excluding hydrogens is 489 g/mol. The Labute approximate surface area is 195 Å². The van der Waals surface area contributed by atoms with Crippen molar-refractivity contribution >= 4 is 41.3 Å². The van der Waals surface area contributed by atoms with Gasteiger partial charge >= 0.3 is 0 Å². The maximum atomic E-state index is 4.77. The minimum absolute atomic E-state index is 0. The van der Waals surface area contributed by atoms with E-state index in [1.807, 2.05) is 28.8 Å². The van der Waals surface area contributed by atoms with Crippen LogP contribution in [-0.4, -0.2) is 52.8 Å². The number of hydrogen-bond acceptors (Lipinski definition) is 4. The third kappa shape index (κ3) is 5.62. The maximum Gasteiger partial charge on any atom is 0.191 e. The van der Waals surface area contributed by atoms with Crippen LogP contribution >= 0.6 is 24.0 Å². The van der Waals surface area contributed by atoms with E-state index in [-0.39, 0.29) is 24.0 Å².